The summed E-state index contributed by atoms with van der Waals surface area (Å²) in [6.45, 7) is 5.90. The van der Waals surface area contributed by atoms with E-state index in [0.29, 0.717) is 6.04 Å². The third kappa shape index (κ3) is 10.3. The molecule has 0 aromatic heterocycles. The molecule has 0 bridgehead atoms. The standard InChI is InChI=1S/C18H38N2O/c1-3-4-5-6-7-8-9-10-18(15-19)20(2)13-14-21-16-17-11-12-17/h17-18H,3-16,19H2,1-2H3. The molecule has 0 saturated heterocycles. The average Bonchev–Trinajstić information content (AvgIpc) is 3.30. The van der Waals surface area contributed by atoms with Crippen LogP contribution in [0.25, 0.3) is 0 Å². The van der Waals surface area contributed by atoms with E-state index in [1.165, 1.54) is 64.2 Å². The molecule has 0 aliphatic heterocycles. The normalized spacial score (nSPS) is 16.6. The van der Waals surface area contributed by atoms with Crippen molar-refractivity contribution in [2.75, 3.05) is 33.4 Å². The number of hydrogen-bond donors (Lipinski definition) is 1. The molecule has 0 spiro atoms. The van der Waals surface area contributed by atoms with Crippen molar-refractivity contribution in [2.24, 2.45) is 11.7 Å². The molecule has 1 fully saturated rings. The number of nitrogens with zero attached hydrogens (tertiary/aromatic N) is 1. The fraction of sp³-hybridized carbons (Fsp3) is 1.00. The van der Waals surface area contributed by atoms with Crippen molar-refractivity contribution < 1.29 is 4.74 Å². The summed E-state index contributed by atoms with van der Waals surface area (Å²) in [5.41, 5.74) is 5.93. The molecule has 0 aromatic rings. The highest BCUT2D eigenvalue weighted by Gasteiger charge is 2.21. The lowest BCUT2D eigenvalue weighted by Crippen LogP contribution is -2.39. The summed E-state index contributed by atoms with van der Waals surface area (Å²) in [5.74, 6) is 0.869. The Labute approximate surface area is 132 Å². The lowest BCUT2D eigenvalue weighted by atomic mass is 10.0. The van der Waals surface area contributed by atoms with Crippen LogP contribution in [0.2, 0.25) is 0 Å². The summed E-state index contributed by atoms with van der Waals surface area (Å²) in [6.07, 6.45) is 13.6. The van der Waals surface area contributed by atoms with Crippen molar-refractivity contribution in [3.05, 3.63) is 0 Å². The van der Waals surface area contributed by atoms with Gasteiger partial charge in [0.2, 0.25) is 0 Å². The minimum atomic E-state index is 0.533. The van der Waals surface area contributed by atoms with Crippen LogP contribution in [0.3, 0.4) is 0 Å². The van der Waals surface area contributed by atoms with Gasteiger partial charge < -0.3 is 10.5 Å². The van der Waals surface area contributed by atoms with Crippen LogP contribution in [-0.2, 0) is 4.74 Å². The van der Waals surface area contributed by atoms with Gasteiger partial charge in [-0.2, -0.15) is 0 Å². The van der Waals surface area contributed by atoms with Crippen molar-refractivity contribution in [1.82, 2.24) is 4.90 Å². The molecule has 3 heteroatoms. The van der Waals surface area contributed by atoms with Crippen LogP contribution in [0.4, 0.5) is 0 Å². The molecule has 2 N–H and O–H groups in total. The van der Waals surface area contributed by atoms with Crippen LogP contribution >= 0.6 is 0 Å². The number of hydrogen-bond acceptors (Lipinski definition) is 3. The largest absolute Gasteiger partial charge is 0.380 e. The Kier molecular flexibility index (Phi) is 11.2. The lowest BCUT2D eigenvalue weighted by molar-refractivity contribution is 0.0904. The first-order valence-corrected chi connectivity index (χ1v) is 9.26. The predicted molar refractivity (Wildman–Crippen MR) is 91.6 cm³/mol. The topological polar surface area (TPSA) is 38.5 Å². The van der Waals surface area contributed by atoms with Gasteiger partial charge in [0.1, 0.15) is 0 Å². The molecular formula is C18H38N2O. The SMILES string of the molecule is CCCCCCCCCC(CN)N(C)CCOCC1CC1. The van der Waals surface area contributed by atoms with Crippen molar-refractivity contribution in [1.29, 1.82) is 0 Å². The zero-order chi connectivity index (χ0) is 15.3. The first-order valence-electron chi connectivity index (χ1n) is 9.26. The van der Waals surface area contributed by atoms with Crippen LogP contribution < -0.4 is 5.73 Å². The van der Waals surface area contributed by atoms with E-state index in [4.69, 9.17) is 10.5 Å². The maximum absolute atomic E-state index is 5.93. The van der Waals surface area contributed by atoms with Crippen LogP contribution in [0.5, 0.6) is 0 Å². The summed E-state index contributed by atoms with van der Waals surface area (Å²) in [4.78, 5) is 2.39. The smallest absolute Gasteiger partial charge is 0.0593 e. The lowest BCUT2D eigenvalue weighted by Gasteiger charge is -2.27. The van der Waals surface area contributed by atoms with E-state index in [1.54, 1.807) is 0 Å². The second-order valence-electron chi connectivity index (χ2n) is 6.80. The quantitative estimate of drug-likeness (QED) is 0.467. The highest BCUT2D eigenvalue weighted by atomic mass is 16.5. The van der Waals surface area contributed by atoms with Crippen molar-refractivity contribution in [3.8, 4) is 0 Å². The third-order valence-electron chi connectivity index (χ3n) is 4.68. The molecule has 1 unspecified atom stereocenters. The fourth-order valence-electron chi connectivity index (χ4n) is 2.78. The number of ether oxygens (including phenoxy) is 1. The van der Waals surface area contributed by atoms with Gasteiger partial charge in [-0.15, -0.1) is 0 Å². The van der Waals surface area contributed by atoms with Gasteiger partial charge in [-0.3, -0.25) is 4.90 Å². The number of unbranched alkanes of at least 4 members (excludes halogenated alkanes) is 6. The zero-order valence-corrected chi connectivity index (χ0v) is 14.5. The minimum absolute atomic E-state index is 0.533. The highest BCUT2D eigenvalue weighted by molar-refractivity contribution is 4.73. The molecule has 1 rings (SSSR count). The van der Waals surface area contributed by atoms with Crippen molar-refractivity contribution in [3.63, 3.8) is 0 Å². The average molecular weight is 299 g/mol. The maximum Gasteiger partial charge on any atom is 0.0593 e. The van der Waals surface area contributed by atoms with Gasteiger partial charge in [-0.1, -0.05) is 51.9 Å². The summed E-state index contributed by atoms with van der Waals surface area (Å²) in [5, 5.41) is 0. The summed E-state index contributed by atoms with van der Waals surface area (Å²) in [7, 11) is 2.19. The van der Waals surface area contributed by atoms with E-state index in [0.717, 1.165) is 32.2 Å². The van der Waals surface area contributed by atoms with Gasteiger partial charge in [0.05, 0.1) is 6.61 Å². The second kappa shape index (κ2) is 12.4. The molecule has 1 saturated carbocycles. The van der Waals surface area contributed by atoms with Crippen LogP contribution in [0.15, 0.2) is 0 Å². The molecular weight excluding hydrogens is 260 g/mol. The molecule has 0 heterocycles. The Morgan fingerprint density at radius 2 is 1.76 bits per heavy atom. The van der Waals surface area contributed by atoms with Gasteiger partial charge >= 0.3 is 0 Å². The Balaban J connectivity index is 1.95. The summed E-state index contributed by atoms with van der Waals surface area (Å²) < 4.78 is 5.72. The Hall–Kier alpha value is -0.120. The monoisotopic (exact) mass is 298 g/mol. The Bertz CT molecular complexity index is 231. The number of nitrogens with two attached hydrogens (primary N) is 1. The second-order valence-corrected chi connectivity index (χ2v) is 6.80. The van der Waals surface area contributed by atoms with Gasteiger partial charge in [0, 0.05) is 25.7 Å². The molecule has 1 aliphatic rings. The number of rotatable bonds is 15. The summed E-state index contributed by atoms with van der Waals surface area (Å²) >= 11 is 0. The van der Waals surface area contributed by atoms with Gasteiger partial charge in [-0.25, -0.2) is 0 Å². The molecule has 126 valence electrons. The number of likely N-dealkylation sites (N-methyl/N-ethyl adjacent to an activating group) is 1. The molecule has 1 atom stereocenters. The van der Waals surface area contributed by atoms with E-state index in [2.05, 4.69) is 18.9 Å². The Morgan fingerprint density at radius 3 is 2.38 bits per heavy atom. The van der Waals surface area contributed by atoms with Crippen LogP contribution in [-0.4, -0.2) is 44.3 Å². The summed E-state index contributed by atoms with van der Waals surface area (Å²) in [6, 6.07) is 0.533. The van der Waals surface area contributed by atoms with Gasteiger partial charge in [0.25, 0.3) is 0 Å². The predicted octanol–water partition coefficient (Wildman–Crippen LogP) is 3.81. The third-order valence-corrected chi connectivity index (χ3v) is 4.68. The molecule has 21 heavy (non-hydrogen) atoms. The van der Waals surface area contributed by atoms with E-state index in [1.807, 2.05) is 0 Å². The molecule has 0 amide bonds. The molecule has 3 nitrogen and oxygen atoms in total. The van der Waals surface area contributed by atoms with E-state index >= 15 is 0 Å². The zero-order valence-electron chi connectivity index (χ0n) is 14.5. The maximum atomic E-state index is 5.93. The molecule has 0 aromatic carbocycles. The Morgan fingerprint density at radius 1 is 1.10 bits per heavy atom. The molecule has 1 aliphatic carbocycles. The van der Waals surface area contributed by atoms with E-state index in [-0.39, 0.29) is 0 Å². The van der Waals surface area contributed by atoms with Crippen LogP contribution in [0.1, 0.15) is 71.1 Å². The van der Waals surface area contributed by atoms with E-state index in [9.17, 15) is 0 Å². The van der Waals surface area contributed by atoms with Crippen LogP contribution in [0, 0.1) is 5.92 Å². The minimum Gasteiger partial charge on any atom is -0.380 e. The molecule has 0 radical (unpaired) electrons. The first kappa shape index (κ1) is 18.9. The van der Waals surface area contributed by atoms with Crippen molar-refractivity contribution >= 4 is 0 Å². The highest BCUT2D eigenvalue weighted by Crippen LogP contribution is 2.28. The van der Waals surface area contributed by atoms with Gasteiger partial charge in [-0.05, 0) is 32.2 Å². The van der Waals surface area contributed by atoms with Gasteiger partial charge in [0.15, 0.2) is 0 Å². The van der Waals surface area contributed by atoms with E-state index < -0.39 is 0 Å². The first-order chi connectivity index (χ1) is 10.3. The fourth-order valence-corrected chi connectivity index (χ4v) is 2.78. The van der Waals surface area contributed by atoms with Crippen molar-refractivity contribution in [2.45, 2.75) is 77.2 Å².